The Morgan fingerprint density at radius 2 is 1.72 bits per heavy atom. The van der Waals surface area contributed by atoms with Crippen molar-refractivity contribution in [3.63, 3.8) is 0 Å². The lowest BCUT2D eigenvalue weighted by atomic mass is 10.1. The number of carbonyl (C=O) groups is 2. The molecule has 0 bridgehead atoms. The molecule has 1 aliphatic heterocycles. The van der Waals surface area contributed by atoms with Gasteiger partial charge in [0.2, 0.25) is 5.91 Å². The smallest absolute Gasteiger partial charge is 0.253 e. The molecule has 2 aromatic rings. The molecule has 1 fully saturated rings. The van der Waals surface area contributed by atoms with Crippen molar-refractivity contribution in [3.05, 3.63) is 53.6 Å². The predicted octanol–water partition coefficient (Wildman–Crippen LogP) is 3.90. The molecule has 29 heavy (non-hydrogen) atoms. The quantitative estimate of drug-likeness (QED) is 0.771. The third-order valence-corrected chi connectivity index (χ3v) is 5.13. The first-order valence-corrected chi connectivity index (χ1v) is 10.0. The zero-order valence-corrected chi connectivity index (χ0v) is 17.1. The van der Waals surface area contributed by atoms with Crippen molar-refractivity contribution in [2.75, 3.05) is 32.6 Å². The van der Waals surface area contributed by atoms with Gasteiger partial charge in [-0.25, -0.2) is 0 Å². The Labute approximate surface area is 171 Å². The van der Waals surface area contributed by atoms with Crippen molar-refractivity contribution in [2.24, 2.45) is 0 Å². The highest BCUT2D eigenvalue weighted by Crippen LogP contribution is 2.28. The summed E-state index contributed by atoms with van der Waals surface area (Å²) in [5.41, 5.74) is 2.25. The van der Waals surface area contributed by atoms with Crippen LogP contribution < -0.4 is 14.8 Å². The van der Waals surface area contributed by atoms with Crippen LogP contribution >= 0.6 is 0 Å². The average molecular weight is 396 g/mol. The van der Waals surface area contributed by atoms with Crippen LogP contribution in [0.25, 0.3) is 0 Å². The molecule has 2 amide bonds. The van der Waals surface area contributed by atoms with Gasteiger partial charge in [0.1, 0.15) is 0 Å². The molecule has 0 atom stereocenters. The van der Waals surface area contributed by atoms with E-state index in [0.717, 1.165) is 31.5 Å². The Morgan fingerprint density at radius 3 is 2.45 bits per heavy atom. The zero-order valence-electron chi connectivity index (χ0n) is 17.1. The van der Waals surface area contributed by atoms with Crippen molar-refractivity contribution in [2.45, 2.75) is 32.1 Å². The molecule has 0 aromatic heterocycles. The average Bonchev–Trinajstić information content (AvgIpc) is 2.77. The van der Waals surface area contributed by atoms with Gasteiger partial charge in [-0.1, -0.05) is 12.1 Å². The fraction of sp³-hybridized carbons (Fsp3) is 0.391. The molecular weight excluding hydrogens is 368 g/mol. The second kappa shape index (κ2) is 9.96. The number of ether oxygens (including phenoxy) is 2. The molecule has 0 saturated carbocycles. The number of methoxy groups -OCH3 is 2. The van der Waals surface area contributed by atoms with Gasteiger partial charge in [0.25, 0.3) is 5.91 Å². The van der Waals surface area contributed by atoms with Crippen LogP contribution in [-0.4, -0.2) is 44.0 Å². The Bertz CT molecular complexity index is 860. The third kappa shape index (κ3) is 5.50. The van der Waals surface area contributed by atoms with Crippen LogP contribution in [0.3, 0.4) is 0 Å². The summed E-state index contributed by atoms with van der Waals surface area (Å²) < 4.78 is 10.5. The first-order valence-electron chi connectivity index (χ1n) is 10.0. The molecule has 1 N–H and O–H groups in total. The lowest BCUT2D eigenvalue weighted by Gasteiger charge is -2.26. The van der Waals surface area contributed by atoms with Gasteiger partial charge >= 0.3 is 0 Å². The minimum atomic E-state index is -0.0950. The van der Waals surface area contributed by atoms with Crippen LogP contribution in [0.2, 0.25) is 0 Å². The monoisotopic (exact) mass is 396 g/mol. The molecule has 1 saturated heterocycles. The fourth-order valence-electron chi connectivity index (χ4n) is 3.53. The lowest BCUT2D eigenvalue weighted by molar-refractivity contribution is -0.116. The van der Waals surface area contributed by atoms with E-state index in [1.54, 1.807) is 38.5 Å². The van der Waals surface area contributed by atoms with Crippen molar-refractivity contribution < 1.29 is 19.1 Å². The van der Waals surface area contributed by atoms with Crippen molar-refractivity contribution in [1.29, 1.82) is 0 Å². The summed E-state index contributed by atoms with van der Waals surface area (Å²) in [6.07, 6.45) is 4.20. The van der Waals surface area contributed by atoms with Gasteiger partial charge in [0.15, 0.2) is 11.5 Å². The second-order valence-electron chi connectivity index (χ2n) is 7.17. The third-order valence-electron chi connectivity index (χ3n) is 5.13. The summed E-state index contributed by atoms with van der Waals surface area (Å²) in [7, 11) is 3.18. The Balaban J connectivity index is 1.57. The zero-order chi connectivity index (χ0) is 20.6. The van der Waals surface area contributed by atoms with E-state index < -0.39 is 0 Å². The standard InChI is InChI=1S/C23H28N2O4/c1-28-20-11-9-17(15-21(20)29-2)10-12-22(26)24-19-8-6-7-18(16-19)23(27)25-13-4-3-5-14-25/h6-9,11,15-16H,3-5,10,12-14H2,1-2H3,(H,24,26). The van der Waals surface area contributed by atoms with E-state index in [1.807, 2.05) is 23.1 Å². The minimum absolute atomic E-state index is 0.0335. The number of benzene rings is 2. The van der Waals surface area contributed by atoms with Gasteiger partial charge in [0.05, 0.1) is 14.2 Å². The normalized spacial score (nSPS) is 13.7. The highest BCUT2D eigenvalue weighted by atomic mass is 16.5. The summed E-state index contributed by atoms with van der Waals surface area (Å²) in [4.78, 5) is 26.9. The van der Waals surface area contributed by atoms with Crippen molar-refractivity contribution >= 4 is 17.5 Å². The largest absolute Gasteiger partial charge is 0.493 e. The molecule has 6 nitrogen and oxygen atoms in total. The van der Waals surface area contributed by atoms with E-state index in [-0.39, 0.29) is 11.8 Å². The summed E-state index contributed by atoms with van der Waals surface area (Å²) in [5, 5.41) is 2.90. The number of anilines is 1. The highest BCUT2D eigenvalue weighted by Gasteiger charge is 2.18. The number of amides is 2. The molecular formula is C23H28N2O4. The van der Waals surface area contributed by atoms with Crippen molar-refractivity contribution in [3.8, 4) is 11.5 Å². The molecule has 2 aromatic carbocycles. The number of likely N-dealkylation sites (tertiary alicyclic amines) is 1. The Morgan fingerprint density at radius 1 is 0.966 bits per heavy atom. The number of aryl methyl sites for hydroxylation is 1. The number of rotatable bonds is 7. The van der Waals surface area contributed by atoms with Gasteiger partial charge in [0, 0.05) is 30.8 Å². The summed E-state index contributed by atoms with van der Waals surface area (Å²) >= 11 is 0. The van der Waals surface area contributed by atoms with E-state index in [1.165, 1.54) is 6.42 Å². The number of hydrogen-bond donors (Lipinski definition) is 1. The van der Waals surface area contributed by atoms with E-state index in [9.17, 15) is 9.59 Å². The number of hydrogen-bond acceptors (Lipinski definition) is 4. The second-order valence-corrected chi connectivity index (χ2v) is 7.17. The molecule has 154 valence electrons. The van der Waals surface area contributed by atoms with Gasteiger partial charge in [-0.05, 0) is 61.6 Å². The number of carbonyl (C=O) groups excluding carboxylic acids is 2. The van der Waals surface area contributed by atoms with Crippen LogP contribution in [-0.2, 0) is 11.2 Å². The molecule has 3 rings (SSSR count). The lowest BCUT2D eigenvalue weighted by Crippen LogP contribution is -2.35. The number of piperidine rings is 1. The topological polar surface area (TPSA) is 67.9 Å². The Kier molecular flexibility index (Phi) is 7.11. The van der Waals surface area contributed by atoms with Crippen LogP contribution in [0, 0.1) is 0 Å². The SMILES string of the molecule is COc1ccc(CCC(=O)Nc2cccc(C(=O)N3CCCCC3)c2)cc1OC. The fourth-order valence-corrected chi connectivity index (χ4v) is 3.53. The van der Waals surface area contributed by atoms with Crippen LogP contribution in [0.4, 0.5) is 5.69 Å². The predicted molar refractivity (Wildman–Crippen MR) is 113 cm³/mol. The van der Waals surface area contributed by atoms with Crippen LogP contribution in [0.5, 0.6) is 11.5 Å². The van der Waals surface area contributed by atoms with Gasteiger partial charge in [-0.3, -0.25) is 9.59 Å². The molecule has 0 unspecified atom stereocenters. The van der Waals surface area contributed by atoms with Gasteiger partial charge in [-0.2, -0.15) is 0 Å². The molecule has 1 heterocycles. The number of nitrogens with one attached hydrogen (secondary N) is 1. The molecule has 0 spiro atoms. The van der Waals surface area contributed by atoms with Crippen LogP contribution in [0.1, 0.15) is 41.6 Å². The van der Waals surface area contributed by atoms with Crippen molar-refractivity contribution in [1.82, 2.24) is 4.90 Å². The van der Waals surface area contributed by atoms with E-state index in [0.29, 0.717) is 35.6 Å². The van der Waals surface area contributed by atoms with Gasteiger partial charge in [-0.15, -0.1) is 0 Å². The maximum atomic E-state index is 12.7. The number of nitrogens with zero attached hydrogens (tertiary/aromatic N) is 1. The maximum Gasteiger partial charge on any atom is 0.253 e. The molecule has 1 aliphatic rings. The molecule has 0 aliphatic carbocycles. The van der Waals surface area contributed by atoms with E-state index >= 15 is 0 Å². The van der Waals surface area contributed by atoms with Crippen LogP contribution in [0.15, 0.2) is 42.5 Å². The maximum absolute atomic E-state index is 12.7. The van der Waals surface area contributed by atoms with Gasteiger partial charge < -0.3 is 19.7 Å². The van der Waals surface area contributed by atoms with E-state index in [2.05, 4.69) is 5.32 Å². The summed E-state index contributed by atoms with van der Waals surface area (Å²) in [5.74, 6) is 1.25. The Hall–Kier alpha value is -3.02. The molecule has 6 heteroatoms. The minimum Gasteiger partial charge on any atom is -0.493 e. The first-order chi connectivity index (χ1) is 14.1. The van der Waals surface area contributed by atoms with E-state index in [4.69, 9.17) is 9.47 Å². The molecule has 0 radical (unpaired) electrons. The highest BCUT2D eigenvalue weighted by molar-refractivity contribution is 5.97. The summed E-state index contributed by atoms with van der Waals surface area (Å²) in [6, 6.07) is 12.8. The first kappa shape index (κ1) is 20.7. The summed E-state index contributed by atoms with van der Waals surface area (Å²) in [6.45, 7) is 1.61.